The van der Waals surface area contributed by atoms with E-state index in [2.05, 4.69) is 0 Å². The van der Waals surface area contributed by atoms with E-state index in [9.17, 15) is 9.18 Å². The summed E-state index contributed by atoms with van der Waals surface area (Å²) in [5.41, 5.74) is -2.09. The lowest BCUT2D eigenvalue weighted by atomic mass is 10.1. The third kappa shape index (κ3) is 2.17. The van der Waals surface area contributed by atoms with Crippen molar-refractivity contribution in [2.24, 2.45) is 0 Å². The van der Waals surface area contributed by atoms with Crippen LogP contribution in [0.25, 0.3) is 0 Å². The zero-order chi connectivity index (χ0) is 9.19. The minimum atomic E-state index is -2.09. The highest BCUT2D eigenvalue weighted by Gasteiger charge is 2.35. The molecule has 1 rings (SSSR count). The number of nitrogens with zero attached hydrogens (tertiary/aromatic N) is 1. The summed E-state index contributed by atoms with van der Waals surface area (Å²) in [6.07, 6.45) is 2.10. The average Bonchev–Trinajstić information content (AvgIpc) is 2.38. The van der Waals surface area contributed by atoms with Gasteiger partial charge in [-0.05, 0) is 32.9 Å². The van der Waals surface area contributed by atoms with Crippen molar-refractivity contribution in [2.75, 3.05) is 19.6 Å². The molecule has 70 valence electrons. The van der Waals surface area contributed by atoms with Crippen LogP contribution in [0.3, 0.4) is 0 Å². The van der Waals surface area contributed by atoms with Crippen LogP contribution in [0.15, 0.2) is 0 Å². The first kappa shape index (κ1) is 9.45. The van der Waals surface area contributed by atoms with Crippen molar-refractivity contribution >= 4 is 5.97 Å². The standard InChI is InChI=1S/C8H14FNO2/c1-8(9,7(11)12)6-10-4-2-3-5-10/h2-6H2,1H3,(H,11,12). The van der Waals surface area contributed by atoms with Gasteiger partial charge in [0, 0.05) is 6.54 Å². The maximum atomic E-state index is 13.2. The number of hydrogen-bond donors (Lipinski definition) is 1. The Hall–Kier alpha value is -0.640. The second kappa shape index (κ2) is 3.39. The predicted octanol–water partition coefficient (Wildman–Crippen LogP) is 0.895. The van der Waals surface area contributed by atoms with Crippen LogP contribution in [-0.4, -0.2) is 41.3 Å². The van der Waals surface area contributed by atoms with Gasteiger partial charge in [0.25, 0.3) is 0 Å². The molecule has 0 spiro atoms. The van der Waals surface area contributed by atoms with E-state index < -0.39 is 11.6 Å². The minimum absolute atomic E-state index is 0.0162. The minimum Gasteiger partial charge on any atom is -0.479 e. The molecule has 0 radical (unpaired) electrons. The molecule has 0 amide bonds. The van der Waals surface area contributed by atoms with Crippen LogP contribution < -0.4 is 0 Å². The summed E-state index contributed by atoms with van der Waals surface area (Å²) in [4.78, 5) is 12.3. The largest absolute Gasteiger partial charge is 0.479 e. The summed E-state index contributed by atoms with van der Waals surface area (Å²) in [6, 6.07) is 0. The van der Waals surface area contributed by atoms with E-state index in [1.807, 2.05) is 4.90 Å². The molecule has 0 aromatic heterocycles. The van der Waals surface area contributed by atoms with Crippen molar-refractivity contribution < 1.29 is 14.3 Å². The maximum absolute atomic E-state index is 13.2. The first-order valence-corrected chi connectivity index (χ1v) is 4.17. The Bertz CT molecular complexity index is 176. The highest BCUT2D eigenvalue weighted by atomic mass is 19.1. The molecular weight excluding hydrogens is 161 g/mol. The number of carboxylic acid groups (broad SMARTS) is 1. The Labute approximate surface area is 71.2 Å². The average molecular weight is 175 g/mol. The molecule has 1 aliphatic rings. The number of halogens is 1. The van der Waals surface area contributed by atoms with Crippen molar-refractivity contribution in [3.05, 3.63) is 0 Å². The van der Waals surface area contributed by atoms with Crippen molar-refractivity contribution in [2.45, 2.75) is 25.4 Å². The van der Waals surface area contributed by atoms with Gasteiger partial charge >= 0.3 is 5.97 Å². The van der Waals surface area contributed by atoms with Crippen molar-refractivity contribution in [3.8, 4) is 0 Å². The molecule has 1 unspecified atom stereocenters. The highest BCUT2D eigenvalue weighted by molar-refractivity contribution is 5.77. The van der Waals surface area contributed by atoms with E-state index in [-0.39, 0.29) is 6.54 Å². The SMILES string of the molecule is CC(F)(CN1CCCC1)C(=O)O. The first-order valence-electron chi connectivity index (χ1n) is 4.17. The summed E-state index contributed by atoms with van der Waals surface area (Å²) in [5, 5.41) is 8.50. The quantitative estimate of drug-likeness (QED) is 0.692. The fraction of sp³-hybridized carbons (Fsp3) is 0.875. The van der Waals surface area contributed by atoms with E-state index >= 15 is 0 Å². The molecule has 1 fully saturated rings. The Morgan fingerprint density at radius 2 is 2.08 bits per heavy atom. The summed E-state index contributed by atoms with van der Waals surface area (Å²) in [5.74, 6) is -1.37. The molecule has 1 atom stereocenters. The molecule has 4 heteroatoms. The lowest BCUT2D eigenvalue weighted by molar-refractivity contribution is -0.150. The molecule has 0 aromatic carbocycles. The molecule has 0 aliphatic carbocycles. The number of likely N-dealkylation sites (tertiary alicyclic amines) is 1. The molecular formula is C8H14FNO2. The number of hydrogen-bond acceptors (Lipinski definition) is 2. The van der Waals surface area contributed by atoms with Gasteiger partial charge in [0.1, 0.15) is 0 Å². The number of rotatable bonds is 3. The zero-order valence-corrected chi connectivity index (χ0v) is 7.22. The number of aliphatic carboxylic acids is 1. The van der Waals surface area contributed by atoms with Crippen molar-refractivity contribution in [1.29, 1.82) is 0 Å². The summed E-state index contributed by atoms with van der Waals surface area (Å²) >= 11 is 0. The third-order valence-electron chi connectivity index (χ3n) is 2.17. The first-order chi connectivity index (χ1) is 5.52. The van der Waals surface area contributed by atoms with Crippen LogP contribution in [0.2, 0.25) is 0 Å². The molecule has 0 bridgehead atoms. The Kier molecular flexibility index (Phi) is 2.67. The summed E-state index contributed by atoms with van der Waals surface area (Å²) < 4.78 is 13.2. The summed E-state index contributed by atoms with van der Waals surface area (Å²) in [6.45, 7) is 2.79. The second-order valence-electron chi connectivity index (χ2n) is 3.49. The fourth-order valence-electron chi connectivity index (χ4n) is 1.43. The van der Waals surface area contributed by atoms with Crippen LogP contribution in [0.5, 0.6) is 0 Å². The number of alkyl halides is 1. The molecule has 1 N–H and O–H groups in total. The van der Waals surface area contributed by atoms with E-state index in [0.717, 1.165) is 32.9 Å². The molecule has 12 heavy (non-hydrogen) atoms. The van der Waals surface area contributed by atoms with Crippen molar-refractivity contribution in [3.63, 3.8) is 0 Å². The lowest BCUT2D eigenvalue weighted by Gasteiger charge is -2.22. The Morgan fingerprint density at radius 1 is 1.58 bits per heavy atom. The monoisotopic (exact) mass is 175 g/mol. The fourth-order valence-corrected chi connectivity index (χ4v) is 1.43. The molecule has 3 nitrogen and oxygen atoms in total. The lowest BCUT2D eigenvalue weighted by Crippen LogP contribution is -2.42. The van der Waals surface area contributed by atoms with E-state index in [1.165, 1.54) is 0 Å². The topological polar surface area (TPSA) is 40.5 Å². The van der Waals surface area contributed by atoms with Gasteiger partial charge in [-0.2, -0.15) is 0 Å². The molecule has 1 heterocycles. The van der Waals surface area contributed by atoms with Gasteiger partial charge in [0.05, 0.1) is 0 Å². The van der Waals surface area contributed by atoms with E-state index in [4.69, 9.17) is 5.11 Å². The van der Waals surface area contributed by atoms with Gasteiger partial charge in [-0.1, -0.05) is 0 Å². The molecule has 1 saturated heterocycles. The Morgan fingerprint density at radius 3 is 2.50 bits per heavy atom. The van der Waals surface area contributed by atoms with E-state index in [0.29, 0.717) is 0 Å². The number of carboxylic acids is 1. The van der Waals surface area contributed by atoms with Gasteiger partial charge in [-0.25, -0.2) is 9.18 Å². The molecule has 1 aliphatic heterocycles. The summed E-state index contributed by atoms with van der Waals surface area (Å²) in [7, 11) is 0. The van der Waals surface area contributed by atoms with Crippen LogP contribution >= 0.6 is 0 Å². The van der Waals surface area contributed by atoms with Gasteiger partial charge in [0.15, 0.2) is 0 Å². The normalized spacial score (nSPS) is 23.8. The second-order valence-corrected chi connectivity index (χ2v) is 3.49. The van der Waals surface area contributed by atoms with Crippen LogP contribution in [-0.2, 0) is 4.79 Å². The van der Waals surface area contributed by atoms with Gasteiger partial charge in [-0.3, -0.25) is 4.90 Å². The van der Waals surface area contributed by atoms with Crippen LogP contribution in [0.4, 0.5) is 4.39 Å². The predicted molar refractivity (Wildman–Crippen MR) is 42.8 cm³/mol. The van der Waals surface area contributed by atoms with Crippen LogP contribution in [0.1, 0.15) is 19.8 Å². The smallest absolute Gasteiger partial charge is 0.342 e. The molecule has 0 saturated carbocycles. The van der Waals surface area contributed by atoms with Gasteiger partial charge < -0.3 is 5.11 Å². The highest BCUT2D eigenvalue weighted by Crippen LogP contribution is 2.16. The number of carbonyl (C=O) groups is 1. The third-order valence-corrected chi connectivity index (χ3v) is 2.17. The maximum Gasteiger partial charge on any atom is 0.342 e. The van der Waals surface area contributed by atoms with Gasteiger partial charge in [-0.15, -0.1) is 0 Å². The molecule has 0 aromatic rings. The Balaban J connectivity index is 2.42. The van der Waals surface area contributed by atoms with Crippen molar-refractivity contribution in [1.82, 2.24) is 4.90 Å². The van der Waals surface area contributed by atoms with E-state index in [1.54, 1.807) is 0 Å². The van der Waals surface area contributed by atoms with Gasteiger partial charge in [0.2, 0.25) is 5.67 Å². The van der Waals surface area contributed by atoms with Crippen LogP contribution in [0, 0.1) is 0 Å². The zero-order valence-electron chi connectivity index (χ0n) is 7.22.